The molecule has 1 saturated heterocycles. The zero-order valence-corrected chi connectivity index (χ0v) is 17.1. The van der Waals surface area contributed by atoms with Crippen LogP contribution in [0, 0.1) is 29.6 Å². The first-order valence-electron chi connectivity index (χ1n) is 9.71. The summed E-state index contributed by atoms with van der Waals surface area (Å²) in [6.45, 7) is 6.15. The number of likely N-dealkylation sites (tertiary alicyclic amines) is 1. The Hall–Kier alpha value is -2.78. The number of nitrogens with one attached hydrogen (secondary N) is 2. The summed E-state index contributed by atoms with van der Waals surface area (Å²) in [6.07, 6.45) is 9.63. The summed E-state index contributed by atoms with van der Waals surface area (Å²) in [5, 5.41) is 25.7. The molecule has 6 nitrogen and oxygen atoms in total. The van der Waals surface area contributed by atoms with Crippen molar-refractivity contribution in [3.05, 3.63) is 52.4 Å². The Morgan fingerprint density at radius 2 is 2.29 bits per heavy atom. The lowest BCUT2D eigenvalue weighted by molar-refractivity contribution is 0.230. The molecule has 0 bridgehead atoms. The molecular formula is C22H28N6. The number of nitrogens with zero attached hydrogens (tertiary/aromatic N) is 4. The molecule has 0 amide bonds. The van der Waals surface area contributed by atoms with Gasteiger partial charge >= 0.3 is 0 Å². The van der Waals surface area contributed by atoms with E-state index in [1.165, 1.54) is 0 Å². The van der Waals surface area contributed by atoms with Gasteiger partial charge in [-0.3, -0.25) is 15.5 Å². The molecule has 2 atom stereocenters. The SMILES string of the molecule is CN=C1C(=N)C=CC=C1C(/C(C#N)=C(\C)C1CCCN(C)C1)c1cn[nH]c1C. The van der Waals surface area contributed by atoms with Gasteiger partial charge in [-0.25, -0.2) is 0 Å². The Balaban J connectivity index is 2.16. The van der Waals surface area contributed by atoms with Crippen LogP contribution in [0.4, 0.5) is 0 Å². The number of piperidine rings is 1. The Morgan fingerprint density at radius 3 is 2.89 bits per heavy atom. The number of hydrogen-bond acceptors (Lipinski definition) is 5. The van der Waals surface area contributed by atoms with Gasteiger partial charge in [-0.2, -0.15) is 10.4 Å². The third-order valence-corrected chi connectivity index (χ3v) is 5.85. The van der Waals surface area contributed by atoms with Crippen LogP contribution in [-0.2, 0) is 0 Å². The molecule has 0 aromatic carbocycles. The standard InChI is InChI=1S/C22H28N6/c1-14(16-7-6-10-28(4)13-16)18(11-23)21(19-12-26-27-15(19)2)17-8-5-9-20(24)22(17)25-3/h5,8-9,12,16,21,24H,6-7,10,13H2,1-4H3,(H,26,27)/b18-14+,24-20?,25-22?. The molecule has 146 valence electrons. The maximum Gasteiger partial charge on any atom is 0.0956 e. The average Bonchev–Trinajstić information content (AvgIpc) is 3.10. The van der Waals surface area contributed by atoms with Gasteiger partial charge in [0.1, 0.15) is 0 Å². The lowest BCUT2D eigenvalue weighted by Crippen LogP contribution is -2.33. The number of rotatable bonds is 4. The van der Waals surface area contributed by atoms with Crippen LogP contribution in [0.1, 0.15) is 36.9 Å². The number of aromatic nitrogens is 2. The van der Waals surface area contributed by atoms with E-state index in [9.17, 15) is 5.26 Å². The van der Waals surface area contributed by atoms with E-state index in [-0.39, 0.29) is 5.92 Å². The minimum atomic E-state index is -0.278. The van der Waals surface area contributed by atoms with Crippen LogP contribution in [0.15, 0.2) is 46.1 Å². The van der Waals surface area contributed by atoms with Crippen LogP contribution in [0.2, 0.25) is 0 Å². The van der Waals surface area contributed by atoms with E-state index in [1.54, 1.807) is 19.3 Å². The molecule has 2 N–H and O–H groups in total. The van der Waals surface area contributed by atoms with Gasteiger partial charge < -0.3 is 4.90 Å². The summed E-state index contributed by atoms with van der Waals surface area (Å²) in [5.74, 6) is 0.0873. The fourth-order valence-corrected chi connectivity index (χ4v) is 4.29. The highest BCUT2D eigenvalue weighted by atomic mass is 15.1. The Morgan fingerprint density at radius 1 is 1.50 bits per heavy atom. The van der Waals surface area contributed by atoms with Crippen LogP contribution in [0.25, 0.3) is 0 Å². The molecule has 1 aliphatic heterocycles. The highest BCUT2D eigenvalue weighted by molar-refractivity contribution is 6.52. The van der Waals surface area contributed by atoms with Gasteiger partial charge in [-0.15, -0.1) is 0 Å². The molecule has 3 rings (SSSR count). The van der Waals surface area contributed by atoms with E-state index in [0.717, 1.165) is 53.9 Å². The Kier molecular flexibility index (Phi) is 6.05. The second-order valence-corrected chi connectivity index (χ2v) is 7.66. The van der Waals surface area contributed by atoms with Gasteiger partial charge in [0.25, 0.3) is 0 Å². The van der Waals surface area contributed by atoms with Gasteiger partial charge in [-0.1, -0.05) is 17.7 Å². The maximum atomic E-state index is 10.2. The van der Waals surface area contributed by atoms with Crippen LogP contribution >= 0.6 is 0 Å². The fraction of sp³-hybridized carbons (Fsp3) is 0.455. The number of hydrogen-bond donors (Lipinski definition) is 2. The fourth-order valence-electron chi connectivity index (χ4n) is 4.29. The molecule has 1 fully saturated rings. The van der Waals surface area contributed by atoms with Gasteiger partial charge in [-0.05, 0) is 57.8 Å². The van der Waals surface area contributed by atoms with Crippen molar-refractivity contribution in [2.45, 2.75) is 32.6 Å². The Labute approximate surface area is 166 Å². The number of aromatic amines is 1. The lowest BCUT2D eigenvalue weighted by atomic mass is 9.76. The van der Waals surface area contributed by atoms with E-state index in [1.807, 2.05) is 19.1 Å². The summed E-state index contributed by atoms with van der Waals surface area (Å²) in [6, 6.07) is 2.52. The van der Waals surface area contributed by atoms with Crippen molar-refractivity contribution in [2.24, 2.45) is 10.9 Å². The molecule has 0 saturated carbocycles. The normalized spacial score (nSPS) is 24.0. The lowest BCUT2D eigenvalue weighted by Gasteiger charge is -2.32. The summed E-state index contributed by atoms with van der Waals surface area (Å²) < 4.78 is 0. The van der Waals surface area contributed by atoms with E-state index in [2.05, 4.69) is 40.1 Å². The predicted molar refractivity (Wildman–Crippen MR) is 113 cm³/mol. The molecule has 0 radical (unpaired) electrons. The number of nitriles is 1. The molecule has 28 heavy (non-hydrogen) atoms. The predicted octanol–water partition coefficient (Wildman–Crippen LogP) is 3.57. The number of aliphatic imine (C=N–C) groups is 1. The van der Waals surface area contributed by atoms with Crippen molar-refractivity contribution in [1.82, 2.24) is 15.1 Å². The second kappa shape index (κ2) is 8.49. The average molecular weight is 377 g/mol. The van der Waals surface area contributed by atoms with Crippen molar-refractivity contribution >= 4 is 11.4 Å². The smallest absolute Gasteiger partial charge is 0.0956 e. The first-order valence-corrected chi connectivity index (χ1v) is 9.71. The van der Waals surface area contributed by atoms with Crippen molar-refractivity contribution in [3.63, 3.8) is 0 Å². The highest BCUT2D eigenvalue weighted by Gasteiger charge is 2.32. The van der Waals surface area contributed by atoms with Crippen molar-refractivity contribution in [2.75, 3.05) is 27.2 Å². The van der Waals surface area contributed by atoms with Crippen LogP contribution in [0.5, 0.6) is 0 Å². The summed E-state index contributed by atoms with van der Waals surface area (Å²) in [5.41, 5.74) is 5.68. The van der Waals surface area contributed by atoms with Crippen molar-refractivity contribution in [3.8, 4) is 6.07 Å². The molecule has 6 heteroatoms. The minimum absolute atomic E-state index is 0.278. The number of H-pyrrole nitrogens is 1. The van der Waals surface area contributed by atoms with Crippen LogP contribution in [0.3, 0.4) is 0 Å². The van der Waals surface area contributed by atoms with Crippen LogP contribution < -0.4 is 0 Å². The zero-order chi connectivity index (χ0) is 20.3. The molecule has 2 aliphatic rings. The van der Waals surface area contributed by atoms with E-state index < -0.39 is 0 Å². The first kappa shape index (κ1) is 20.0. The van der Waals surface area contributed by atoms with E-state index >= 15 is 0 Å². The first-order chi connectivity index (χ1) is 13.5. The second-order valence-electron chi connectivity index (χ2n) is 7.66. The summed E-state index contributed by atoms with van der Waals surface area (Å²) in [4.78, 5) is 6.71. The zero-order valence-electron chi connectivity index (χ0n) is 17.1. The van der Waals surface area contributed by atoms with E-state index in [4.69, 9.17) is 5.41 Å². The largest absolute Gasteiger partial charge is 0.306 e. The van der Waals surface area contributed by atoms with Crippen molar-refractivity contribution < 1.29 is 0 Å². The minimum Gasteiger partial charge on any atom is -0.306 e. The molecular weight excluding hydrogens is 348 g/mol. The van der Waals surface area contributed by atoms with Gasteiger partial charge in [0, 0.05) is 36.3 Å². The number of aryl methyl sites for hydroxylation is 1. The maximum absolute atomic E-state index is 10.2. The molecule has 2 heterocycles. The number of allylic oxidation sites excluding steroid dienone is 5. The van der Waals surface area contributed by atoms with Gasteiger partial charge in [0.2, 0.25) is 0 Å². The molecule has 1 aromatic rings. The third kappa shape index (κ3) is 3.76. The van der Waals surface area contributed by atoms with Crippen LogP contribution in [-0.4, -0.2) is 53.7 Å². The van der Waals surface area contributed by atoms with Gasteiger partial charge in [0.05, 0.1) is 23.7 Å². The summed E-state index contributed by atoms with van der Waals surface area (Å²) >= 11 is 0. The quantitative estimate of drug-likeness (QED) is 0.621. The monoisotopic (exact) mass is 376 g/mol. The molecule has 2 unspecified atom stereocenters. The van der Waals surface area contributed by atoms with E-state index in [0.29, 0.717) is 17.3 Å². The summed E-state index contributed by atoms with van der Waals surface area (Å²) in [7, 11) is 3.84. The molecule has 1 aromatic heterocycles. The van der Waals surface area contributed by atoms with Gasteiger partial charge in [0.15, 0.2) is 0 Å². The van der Waals surface area contributed by atoms with Crippen molar-refractivity contribution in [1.29, 1.82) is 10.7 Å². The highest BCUT2D eigenvalue weighted by Crippen LogP contribution is 2.39. The Bertz CT molecular complexity index is 921. The topological polar surface area (TPSA) is 91.9 Å². The molecule has 0 spiro atoms. The third-order valence-electron chi connectivity index (χ3n) is 5.85. The molecule has 1 aliphatic carbocycles.